The summed E-state index contributed by atoms with van der Waals surface area (Å²) in [6.07, 6.45) is 4.26. The van der Waals surface area contributed by atoms with Crippen LogP contribution in [0.15, 0.2) is 30.3 Å². The molecule has 1 atom stereocenters. The molecule has 1 heterocycles. The van der Waals surface area contributed by atoms with Gasteiger partial charge in [0.1, 0.15) is 0 Å². The van der Waals surface area contributed by atoms with E-state index >= 15 is 0 Å². The van der Waals surface area contributed by atoms with E-state index in [1.54, 1.807) is 0 Å². The highest BCUT2D eigenvalue weighted by molar-refractivity contribution is 7.88. The number of benzene rings is 1. The largest absolute Gasteiger partial charge is 0.353 e. The molecule has 5 nitrogen and oxygen atoms in total. The van der Waals surface area contributed by atoms with Gasteiger partial charge in [-0.3, -0.25) is 4.79 Å². The predicted octanol–water partition coefficient (Wildman–Crippen LogP) is 1.80. The summed E-state index contributed by atoms with van der Waals surface area (Å²) in [6.45, 7) is 2.90. The summed E-state index contributed by atoms with van der Waals surface area (Å²) in [5, 5.41) is 3.07. The maximum absolute atomic E-state index is 12.3. The van der Waals surface area contributed by atoms with E-state index in [0.29, 0.717) is 25.9 Å². The minimum atomic E-state index is -3.14. The average Bonchev–Trinajstić information content (AvgIpc) is 2.53. The fourth-order valence-electron chi connectivity index (χ4n) is 2.91. The molecule has 0 spiro atoms. The van der Waals surface area contributed by atoms with Gasteiger partial charge < -0.3 is 5.32 Å². The normalized spacial score (nSPS) is 18.5. The molecule has 0 saturated carbocycles. The molecule has 1 unspecified atom stereocenters. The maximum atomic E-state index is 12.3. The van der Waals surface area contributed by atoms with E-state index in [-0.39, 0.29) is 17.9 Å². The molecule has 0 radical (unpaired) electrons. The van der Waals surface area contributed by atoms with E-state index in [9.17, 15) is 13.2 Å². The summed E-state index contributed by atoms with van der Waals surface area (Å²) in [6, 6.07) is 10.3. The molecule has 23 heavy (non-hydrogen) atoms. The Morgan fingerprint density at radius 1 is 1.26 bits per heavy atom. The minimum absolute atomic E-state index is 0.0544. The number of rotatable bonds is 6. The standard InChI is InChI=1S/C17H26N2O3S/c1-14(8-9-15-6-4-3-5-7-15)18-17(20)16-10-12-19(13-11-16)23(2,21)22/h3-7,14,16H,8-13H2,1-2H3,(H,18,20). The van der Waals surface area contributed by atoms with Crippen LogP contribution in [-0.2, 0) is 21.2 Å². The van der Waals surface area contributed by atoms with Crippen LogP contribution in [0.3, 0.4) is 0 Å². The highest BCUT2D eigenvalue weighted by atomic mass is 32.2. The molecule has 1 aromatic rings. The zero-order valence-electron chi connectivity index (χ0n) is 13.9. The van der Waals surface area contributed by atoms with Crippen molar-refractivity contribution in [3.8, 4) is 0 Å². The van der Waals surface area contributed by atoms with Crippen LogP contribution in [0.5, 0.6) is 0 Å². The van der Waals surface area contributed by atoms with Gasteiger partial charge in [-0.05, 0) is 38.2 Å². The van der Waals surface area contributed by atoms with Gasteiger partial charge in [0.2, 0.25) is 15.9 Å². The summed E-state index contributed by atoms with van der Waals surface area (Å²) < 4.78 is 24.4. The zero-order chi connectivity index (χ0) is 16.9. The lowest BCUT2D eigenvalue weighted by atomic mass is 9.96. The van der Waals surface area contributed by atoms with Crippen LogP contribution in [0.4, 0.5) is 0 Å². The number of hydrogen-bond donors (Lipinski definition) is 1. The first-order valence-electron chi connectivity index (χ1n) is 8.15. The van der Waals surface area contributed by atoms with Crippen molar-refractivity contribution in [1.29, 1.82) is 0 Å². The monoisotopic (exact) mass is 338 g/mol. The molecule has 1 N–H and O–H groups in total. The van der Waals surface area contributed by atoms with Crippen molar-refractivity contribution in [2.45, 2.75) is 38.6 Å². The van der Waals surface area contributed by atoms with E-state index in [2.05, 4.69) is 17.4 Å². The lowest BCUT2D eigenvalue weighted by molar-refractivity contribution is -0.126. The minimum Gasteiger partial charge on any atom is -0.353 e. The van der Waals surface area contributed by atoms with Gasteiger partial charge in [-0.15, -0.1) is 0 Å². The number of amides is 1. The number of sulfonamides is 1. The van der Waals surface area contributed by atoms with E-state index in [1.165, 1.54) is 16.1 Å². The summed E-state index contributed by atoms with van der Waals surface area (Å²) in [7, 11) is -3.14. The molecule has 1 fully saturated rings. The molecular formula is C17H26N2O3S. The highest BCUT2D eigenvalue weighted by Gasteiger charge is 2.29. The molecule has 0 bridgehead atoms. The van der Waals surface area contributed by atoms with Crippen molar-refractivity contribution >= 4 is 15.9 Å². The predicted molar refractivity (Wildman–Crippen MR) is 91.5 cm³/mol. The van der Waals surface area contributed by atoms with Gasteiger partial charge in [-0.25, -0.2) is 12.7 Å². The van der Waals surface area contributed by atoms with Gasteiger partial charge in [-0.2, -0.15) is 0 Å². The molecular weight excluding hydrogens is 312 g/mol. The van der Waals surface area contributed by atoms with E-state index in [4.69, 9.17) is 0 Å². The molecule has 128 valence electrons. The summed E-state index contributed by atoms with van der Waals surface area (Å²) in [5.74, 6) is -0.0223. The summed E-state index contributed by atoms with van der Waals surface area (Å²) in [4.78, 5) is 12.3. The van der Waals surface area contributed by atoms with Crippen molar-refractivity contribution in [2.75, 3.05) is 19.3 Å². The van der Waals surface area contributed by atoms with E-state index < -0.39 is 10.0 Å². The Labute approximate surface area is 139 Å². The van der Waals surface area contributed by atoms with Crippen molar-refractivity contribution in [1.82, 2.24) is 9.62 Å². The molecule has 1 aliphatic heterocycles. The van der Waals surface area contributed by atoms with Crippen molar-refractivity contribution in [3.63, 3.8) is 0 Å². The second-order valence-electron chi connectivity index (χ2n) is 6.37. The Hall–Kier alpha value is -1.40. The molecule has 1 aliphatic rings. The lowest BCUT2D eigenvalue weighted by Crippen LogP contribution is -2.44. The smallest absolute Gasteiger partial charge is 0.223 e. The molecule has 0 aromatic heterocycles. The van der Waals surface area contributed by atoms with Gasteiger partial charge in [0, 0.05) is 25.0 Å². The zero-order valence-corrected chi connectivity index (χ0v) is 14.7. The lowest BCUT2D eigenvalue weighted by Gasteiger charge is -2.30. The second kappa shape index (κ2) is 7.93. The van der Waals surface area contributed by atoms with Crippen LogP contribution < -0.4 is 5.32 Å². The Morgan fingerprint density at radius 3 is 2.43 bits per heavy atom. The van der Waals surface area contributed by atoms with Crippen molar-refractivity contribution in [2.24, 2.45) is 5.92 Å². The van der Waals surface area contributed by atoms with Crippen LogP contribution in [0.1, 0.15) is 31.7 Å². The first-order valence-corrected chi connectivity index (χ1v) is 10.0. The highest BCUT2D eigenvalue weighted by Crippen LogP contribution is 2.19. The van der Waals surface area contributed by atoms with Gasteiger partial charge in [0.15, 0.2) is 0 Å². The van der Waals surface area contributed by atoms with Gasteiger partial charge in [-0.1, -0.05) is 30.3 Å². The number of carbonyl (C=O) groups is 1. The summed E-state index contributed by atoms with van der Waals surface area (Å²) >= 11 is 0. The Balaban J connectivity index is 1.74. The van der Waals surface area contributed by atoms with E-state index in [1.807, 2.05) is 25.1 Å². The fraction of sp³-hybridized carbons (Fsp3) is 0.588. The van der Waals surface area contributed by atoms with Crippen LogP contribution in [0.25, 0.3) is 0 Å². The number of aryl methyl sites for hydroxylation is 1. The third kappa shape index (κ3) is 5.62. The first kappa shape index (κ1) is 17.9. The number of piperidine rings is 1. The van der Waals surface area contributed by atoms with Gasteiger partial charge >= 0.3 is 0 Å². The van der Waals surface area contributed by atoms with Crippen molar-refractivity contribution in [3.05, 3.63) is 35.9 Å². The van der Waals surface area contributed by atoms with E-state index in [0.717, 1.165) is 12.8 Å². The third-order valence-electron chi connectivity index (χ3n) is 4.39. The number of nitrogens with zero attached hydrogens (tertiary/aromatic N) is 1. The Morgan fingerprint density at radius 2 is 1.87 bits per heavy atom. The Kier molecular flexibility index (Phi) is 6.18. The molecule has 1 aromatic carbocycles. The molecule has 0 aliphatic carbocycles. The van der Waals surface area contributed by atoms with Crippen LogP contribution in [0.2, 0.25) is 0 Å². The van der Waals surface area contributed by atoms with Gasteiger partial charge in [0.05, 0.1) is 6.26 Å². The van der Waals surface area contributed by atoms with Crippen LogP contribution in [-0.4, -0.2) is 44.0 Å². The fourth-order valence-corrected chi connectivity index (χ4v) is 3.78. The number of hydrogen-bond acceptors (Lipinski definition) is 3. The SMILES string of the molecule is CC(CCc1ccccc1)NC(=O)C1CCN(S(C)(=O)=O)CC1. The summed E-state index contributed by atoms with van der Waals surface area (Å²) in [5.41, 5.74) is 1.27. The molecule has 2 rings (SSSR count). The molecule has 1 amide bonds. The number of nitrogens with one attached hydrogen (secondary N) is 1. The van der Waals surface area contributed by atoms with Crippen molar-refractivity contribution < 1.29 is 13.2 Å². The van der Waals surface area contributed by atoms with Crippen LogP contribution in [0, 0.1) is 5.92 Å². The molecule has 1 saturated heterocycles. The third-order valence-corrected chi connectivity index (χ3v) is 5.69. The maximum Gasteiger partial charge on any atom is 0.223 e. The quantitative estimate of drug-likeness (QED) is 0.860. The van der Waals surface area contributed by atoms with Crippen LogP contribution >= 0.6 is 0 Å². The topological polar surface area (TPSA) is 66.5 Å². The molecule has 6 heteroatoms. The second-order valence-corrected chi connectivity index (χ2v) is 8.35. The average molecular weight is 338 g/mol. The van der Waals surface area contributed by atoms with Gasteiger partial charge in [0.25, 0.3) is 0 Å². The Bertz CT molecular complexity index is 608. The number of carbonyl (C=O) groups excluding carboxylic acids is 1. The first-order chi connectivity index (χ1) is 10.9.